The number of halogens is 1. The number of benzene rings is 2. The van der Waals surface area contributed by atoms with E-state index >= 15 is 0 Å². The van der Waals surface area contributed by atoms with Gasteiger partial charge in [-0.2, -0.15) is 0 Å². The van der Waals surface area contributed by atoms with E-state index in [1.807, 2.05) is 11.0 Å². The van der Waals surface area contributed by atoms with E-state index in [-0.39, 0.29) is 11.7 Å². The van der Waals surface area contributed by atoms with Crippen LogP contribution in [0.4, 0.5) is 10.1 Å². The summed E-state index contributed by atoms with van der Waals surface area (Å²) in [5, 5.41) is 7.97. The first kappa shape index (κ1) is 22.3. The molecule has 2 N–H and O–H groups in total. The van der Waals surface area contributed by atoms with Crippen molar-refractivity contribution in [3.63, 3.8) is 0 Å². The van der Waals surface area contributed by atoms with Crippen LogP contribution in [0, 0.1) is 25.6 Å². The van der Waals surface area contributed by atoms with Gasteiger partial charge in [-0.3, -0.25) is 4.79 Å². The molecule has 0 atom stereocenters. The van der Waals surface area contributed by atoms with Crippen molar-refractivity contribution in [1.82, 2.24) is 14.8 Å². The van der Waals surface area contributed by atoms with Crippen molar-refractivity contribution in [1.29, 1.82) is 0 Å². The van der Waals surface area contributed by atoms with Crippen LogP contribution in [0.2, 0.25) is 0 Å². The quantitative estimate of drug-likeness (QED) is 0.588. The number of nitrogens with zero attached hydrogens (tertiary/aromatic N) is 2. The van der Waals surface area contributed by atoms with Crippen molar-refractivity contribution < 1.29 is 9.18 Å². The molecule has 2 heterocycles. The van der Waals surface area contributed by atoms with Gasteiger partial charge < -0.3 is 20.1 Å². The van der Waals surface area contributed by atoms with Gasteiger partial charge in [-0.05, 0) is 55.2 Å². The summed E-state index contributed by atoms with van der Waals surface area (Å²) >= 11 is 0. The molecule has 1 aromatic heterocycles. The Morgan fingerprint density at radius 3 is 2.47 bits per heavy atom. The summed E-state index contributed by atoms with van der Waals surface area (Å²) in [6, 6.07) is 10.6. The zero-order valence-electron chi connectivity index (χ0n) is 19.5. The number of rotatable bonds is 6. The Bertz CT molecular complexity index is 1110. The van der Waals surface area contributed by atoms with E-state index in [4.69, 9.17) is 0 Å². The third kappa shape index (κ3) is 4.51. The number of carbonyl (C=O) groups excluding carboxylic acids is 1. The topological polar surface area (TPSA) is 49.3 Å². The summed E-state index contributed by atoms with van der Waals surface area (Å²) in [7, 11) is 0. The molecule has 1 saturated heterocycles. The number of hydrogen-bond donors (Lipinski definition) is 2. The fraction of sp³-hybridized carbons (Fsp3) is 0.423. The number of piperazine rings is 1. The van der Waals surface area contributed by atoms with E-state index in [9.17, 15) is 9.18 Å². The van der Waals surface area contributed by atoms with Crippen LogP contribution in [0.25, 0.3) is 10.9 Å². The number of fused-ring (bicyclic) bond motifs is 1. The van der Waals surface area contributed by atoms with Gasteiger partial charge in [0.25, 0.3) is 5.91 Å². The number of amides is 1. The Labute approximate surface area is 189 Å². The smallest absolute Gasteiger partial charge is 0.254 e. The normalized spacial score (nSPS) is 14.4. The number of carbonyl (C=O) groups is 1. The second kappa shape index (κ2) is 9.33. The lowest BCUT2D eigenvalue weighted by Crippen LogP contribution is -2.46. The molecule has 1 aliphatic rings. The van der Waals surface area contributed by atoms with Gasteiger partial charge >= 0.3 is 0 Å². The molecule has 1 fully saturated rings. The summed E-state index contributed by atoms with van der Waals surface area (Å²) in [6.45, 7) is 13.3. The van der Waals surface area contributed by atoms with Crippen LogP contribution in [-0.4, -0.2) is 41.6 Å². The van der Waals surface area contributed by atoms with Crippen LogP contribution < -0.4 is 10.6 Å². The van der Waals surface area contributed by atoms with E-state index in [0.717, 1.165) is 54.9 Å². The minimum absolute atomic E-state index is 0.0758. The third-order valence-corrected chi connectivity index (χ3v) is 6.33. The molecule has 32 heavy (non-hydrogen) atoms. The van der Waals surface area contributed by atoms with Gasteiger partial charge in [0.05, 0.1) is 11.2 Å². The van der Waals surface area contributed by atoms with Gasteiger partial charge in [0.2, 0.25) is 0 Å². The van der Waals surface area contributed by atoms with E-state index in [2.05, 4.69) is 49.0 Å². The van der Waals surface area contributed by atoms with Gasteiger partial charge in [-0.25, -0.2) is 4.39 Å². The Hall–Kier alpha value is -2.86. The number of hydrogen-bond acceptors (Lipinski definition) is 3. The van der Waals surface area contributed by atoms with Crippen molar-refractivity contribution >= 4 is 22.5 Å². The molecule has 0 spiro atoms. The molecule has 5 nitrogen and oxygen atoms in total. The SMILES string of the molecule is Cc1c(C)n(CC(C)C)c2c(NCc3ccc(F)cc3)cc(C(=O)N3CCNCC3)cc12. The van der Waals surface area contributed by atoms with Crippen molar-refractivity contribution in [2.24, 2.45) is 5.92 Å². The Morgan fingerprint density at radius 2 is 1.81 bits per heavy atom. The second-order valence-electron chi connectivity index (χ2n) is 9.16. The van der Waals surface area contributed by atoms with Crippen molar-refractivity contribution in [2.75, 3.05) is 31.5 Å². The van der Waals surface area contributed by atoms with E-state index in [1.54, 1.807) is 12.1 Å². The second-order valence-corrected chi connectivity index (χ2v) is 9.16. The Balaban J connectivity index is 1.78. The lowest BCUT2D eigenvalue weighted by Gasteiger charge is -2.27. The largest absolute Gasteiger partial charge is 0.379 e. The van der Waals surface area contributed by atoms with Gasteiger partial charge in [0, 0.05) is 55.9 Å². The highest BCUT2D eigenvalue weighted by molar-refractivity contribution is 6.04. The molecule has 1 aliphatic heterocycles. The highest BCUT2D eigenvalue weighted by Gasteiger charge is 2.22. The van der Waals surface area contributed by atoms with Crippen LogP contribution in [0.3, 0.4) is 0 Å². The molecule has 0 bridgehead atoms. The molecule has 0 radical (unpaired) electrons. The average Bonchev–Trinajstić information content (AvgIpc) is 3.03. The number of nitrogens with one attached hydrogen (secondary N) is 2. The lowest BCUT2D eigenvalue weighted by atomic mass is 10.1. The molecule has 2 aromatic carbocycles. The van der Waals surface area contributed by atoms with Crippen molar-refractivity contribution in [3.8, 4) is 0 Å². The molecule has 0 unspecified atom stereocenters. The monoisotopic (exact) mass is 436 g/mol. The highest BCUT2D eigenvalue weighted by Crippen LogP contribution is 2.34. The fourth-order valence-corrected chi connectivity index (χ4v) is 4.48. The maximum Gasteiger partial charge on any atom is 0.254 e. The summed E-state index contributed by atoms with van der Waals surface area (Å²) in [4.78, 5) is 15.2. The first-order chi connectivity index (χ1) is 15.3. The number of anilines is 1. The van der Waals surface area contributed by atoms with Crippen LogP contribution in [-0.2, 0) is 13.1 Å². The van der Waals surface area contributed by atoms with Crippen molar-refractivity contribution in [3.05, 3.63) is 64.6 Å². The first-order valence-electron chi connectivity index (χ1n) is 11.5. The van der Waals surface area contributed by atoms with Gasteiger partial charge in [0.1, 0.15) is 5.82 Å². The maximum absolute atomic E-state index is 13.3. The summed E-state index contributed by atoms with van der Waals surface area (Å²) in [5.74, 6) is 0.333. The Morgan fingerprint density at radius 1 is 1.12 bits per heavy atom. The number of aromatic nitrogens is 1. The lowest BCUT2D eigenvalue weighted by molar-refractivity contribution is 0.0736. The molecule has 4 rings (SSSR count). The fourth-order valence-electron chi connectivity index (χ4n) is 4.48. The zero-order chi connectivity index (χ0) is 22.8. The predicted octanol–water partition coefficient (Wildman–Crippen LogP) is 4.71. The number of aryl methyl sites for hydroxylation is 1. The minimum atomic E-state index is -0.239. The summed E-state index contributed by atoms with van der Waals surface area (Å²) in [6.07, 6.45) is 0. The molecule has 1 amide bonds. The molecule has 0 saturated carbocycles. The maximum atomic E-state index is 13.3. The highest BCUT2D eigenvalue weighted by atomic mass is 19.1. The van der Waals surface area contributed by atoms with Crippen LogP contribution in [0.15, 0.2) is 36.4 Å². The summed E-state index contributed by atoms with van der Waals surface area (Å²) in [5.41, 5.74) is 6.22. The standard InChI is InChI=1S/C26H33FN4O/c1-17(2)16-31-19(4)18(3)23-13-21(26(32)30-11-9-28-10-12-30)14-24(25(23)31)29-15-20-5-7-22(27)8-6-20/h5-8,13-14,17,28-29H,9-12,15-16H2,1-4H3. The molecule has 6 heteroatoms. The van der Waals surface area contributed by atoms with E-state index in [0.29, 0.717) is 18.0 Å². The molecule has 3 aromatic rings. The van der Waals surface area contributed by atoms with Crippen LogP contribution in [0.1, 0.15) is 41.0 Å². The summed E-state index contributed by atoms with van der Waals surface area (Å²) < 4.78 is 15.7. The average molecular weight is 437 g/mol. The van der Waals surface area contributed by atoms with Gasteiger partial charge in [0.15, 0.2) is 0 Å². The van der Waals surface area contributed by atoms with Gasteiger partial charge in [-0.1, -0.05) is 26.0 Å². The minimum Gasteiger partial charge on any atom is -0.379 e. The van der Waals surface area contributed by atoms with E-state index < -0.39 is 0 Å². The van der Waals surface area contributed by atoms with Gasteiger partial charge in [-0.15, -0.1) is 0 Å². The van der Waals surface area contributed by atoms with E-state index in [1.165, 1.54) is 23.4 Å². The molecule has 170 valence electrons. The Kier molecular flexibility index (Phi) is 6.51. The zero-order valence-corrected chi connectivity index (χ0v) is 19.5. The third-order valence-electron chi connectivity index (χ3n) is 6.33. The molecule has 0 aliphatic carbocycles. The van der Waals surface area contributed by atoms with Crippen LogP contribution in [0.5, 0.6) is 0 Å². The molecular weight excluding hydrogens is 403 g/mol. The first-order valence-corrected chi connectivity index (χ1v) is 11.5. The van der Waals surface area contributed by atoms with Crippen LogP contribution >= 0.6 is 0 Å². The molecular formula is C26H33FN4O. The van der Waals surface area contributed by atoms with Crippen molar-refractivity contribution in [2.45, 2.75) is 40.8 Å². The predicted molar refractivity (Wildman–Crippen MR) is 129 cm³/mol.